The summed E-state index contributed by atoms with van der Waals surface area (Å²) in [6.07, 6.45) is 1.89. The fourth-order valence-electron chi connectivity index (χ4n) is 5.31. The lowest BCUT2D eigenvalue weighted by molar-refractivity contribution is -0.134. The number of aromatic nitrogens is 1. The van der Waals surface area contributed by atoms with Crippen LogP contribution in [0.5, 0.6) is 11.5 Å². The Morgan fingerprint density at radius 1 is 1.03 bits per heavy atom. The number of nitrogens with zero attached hydrogens (tertiary/aromatic N) is 3. The quantitative estimate of drug-likeness (QED) is 0.461. The standard InChI is InChI=1S/C30H33ClN4O4/c1-18(2)39-27-15-24-21(13-26(27)38-4)14-28(36)35(30(24)20-5-7-22(31)8-6-20)23-9-10-25(33-16-23)19(3)34-12-11-32-17-29(34)37/h5-10,13,15-16,18-19,30,32H,11-12,14,17H2,1-4H3. The van der Waals surface area contributed by atoms with E-state index in [2.05, 4.69) is 5.32 Å². The van der Waals surface area contributed by atoms with Crippen LogP contribution in [0.2, 0.25) is 5.02 Å². The highest BCUT2D eigenvalue weighted by molar-refractivity contribution is 6.30. The summed E-state index contributed by atoms with van der Waals surface area (Å²) in [4.78, 5) is 34.4. The molecule has 2 aromatic carbocycles. The van der Waals surface area contributed by atoms with Gasteiger partial charge in [-0.1, -0.05) is 23.7 Å². The van der Waals surface area contributed by atoms with Crippen LogP contribution in [-0.2, 0) is 16.0 Å². The Morgan fingerprint density at radius 3 is 2.44 bits per heavy atom. The predicted molar refractivity (Wildman–Crippen MR) is 150 cm³/mol. The first-order valence-corrected chi connectivity index (χ1v) is 13.6. The molecule has 5 rings (SSSR count). The SMILES string of the molecule is COc1cc2c(cc1OC(C)C)C(c1ccc(Cl)cc1)N(c1ccc(C(C)N3CCNCC3=O)nc1)C(=O)C2. The molecular weight excluding hydrogens is 516 g/mol. The van der Waals surface area contributed by atoms with E-state index in [0.717, 1.165) is 28.9 Å². The Balaban J connectivity index is 1.56. The van der Waals surface area contributed by atoms with Gasteiger partial charge in [-0.2, -0.15) is 0 Å². The van der Waals surface area contributed by atoms with E-state index in [1.54, 1.807) is 18.2 Å². The molecule has 0 radical (unpaired) electrons. The van der Waals surface area contributed by atoms with Gasteiger partial charge in [0.2, 0.25) is 11.8 Å². The van der Waals surface area contributed by atoms with Crippen LogP contribution in [0.3, 0.4) is 0 Å². The number of ether oxygens (including phenoxy) is 2. The van der Waals surface area contributed by atoms with E-state index in [0.29, 0.717) is 35.3 Å². The van der Waals surface area contributed by atoms with E-state index < -0.39 is 6.04 Å². The number of carbonyl (C=O) groups excluding carboxylic acids is 2. The van der Waals surface area contributed by atoms with Crippen molar-refractivity contribution in [2.75, 3.05) is 31.6 Å². The van der Waals surface area contributed by atoms with Gasteiger partial charge in [-0.05, 0) is 73.9 Å². The summed E-state index contributed by atoms with van der Waals surface area (Å²) in [5, 5.41) is 3.72. The summed E-state index contributed by atoms with van der Waals surface area (Å²) in [6.45, 7) is 7.63. The molecule has 0 saturated carbocycles. The second-order valence-corrected chi connectivity index (χ2v) is 10.6. The number of fused-ring (bicyclic) bond motifs is 1. The molecule has 0 aliphatic carbocycles. The van der Waals surface area contributed by atoms with Gasteiger partial charge in [0, 0.05) is 18.1 Å². The molecule has 1 N–H and O–H groups in total. The number of hydrogen-bond donors (Lipinski definition) is 1. The number of halogens is 1. The summed E-state index contributed by atoms with van der Waals surface area (Å²) in [7, 11) is 1.60. The van der Waals surface area contributed by atoms with Crippen LogP contribution in [0.1, 0.15) is 55.2 Å². The minimum atomic E-state index is -0.418. The van der Waals surface area contributed by atoms with E-state index >= 15 is 0 Å². The van der Waals surface area contributed by atoms with Gasteiger partial charge in [0.1, 0.15) is 0 Å². The van der Waals surface area contributed by atoms with Crippen LogP contribution < -0.4 is 19.7 Å². The van der Waals surface area contributed by atoms with Crippen LogP contribution in [-0.4, -0.2) is 54.5 Å². The van der Waals surface area contributed by atoms with Crippen molar-refractivity contribution in [1.82, 2.24) is 15.2 Å². The zero-order valence-corrected chi connectivity index (χ0v) is 23.4. The highest BCUT2D eigenvalue weighted by Gasteiger charge is 2.36. The van der Waals surface area contributed by atoms with Crippen LogP contribution in [0, 0.1) is 0 Å². The molecule has 204 valence electrons. The molecule has 9 heteroatoms. The summed E-state index contributed by atoms with van der Waals surface area (Å²) in [5.74, 6) is 1.23. The number of rotatable bonds is 7. The van der Waals surface area contributed by atoms with Gasteiger partial charge in [0.05, 0.1) is 55.8 Å². The lowest BCUT2D eigenvalue weighted by Crippen LogP contribution is -2.49. The molecule has 2 unspecified atom stereocenters. The smallest absolute Gasteiger partial charge is 0.237 e. The number of anilines is 1. The number of piperazine rings is 1. The Bertz CT molecular complexity index is 1360. The summed E-state index contributed by atoms with van der Waals surface area (Å²) < 4.78 is 11.7. The average molecular weight is 549 g/mol. The van der Waals surface area contributed by atoms with Gasteiger partial charge < -0.3 is 19.7 Å². The molecule has 1 aromatic heterocycles. The number of carbonyl (C=O) groups is 2. The maximum absolute atomic E-state index is 13.7. The zero-order valence-electron chi connectivity index (χ0n) is 22.6. The maximum Gasteiger partial charge on any atom is 0.237 e. The predicted octanol–water partition coefficient (Wildman–Crippen LogP) is 4.70. The van der Waals surface area contributed by atoms with Crippen molar-refractivity contribution >= 4 is 29.1 Å². The van der Waals surface area contributed by atoms with Crippen molar-refractivity contribution in [3.8, 4) is 11.5 Å². The van der Waals surface area contributed by atoms with Crippen molar-refractivity contribution < 1.29 is 19.1 Å². The Kier molecular flexibility index (Phi) is 7.77. The van der Waals surface area contributed by atoms with Crippen LogP contribution in [0.15, 0.2) is 54.7 Å². The first-order chi connectivity index (χ1) is 18.8. The minimum absolute atomic E-state index is 0.0476. The lowest BCUT2D eigenvalue weighted by atomic mass is 9.87. The van der Waals surface area contributed by atoms with E-state index in [4.69, 9.17) is 26.1 Å². The van der Waals surface area contributed by atoms with Crippen molar-refractivity contribution in [3.63, 3.8) is 0 Å². The molecule has 2 aliphatic heterocycles. The molecule has 2 atom stereocenters. The molecule has 0 spiro atoms. The molecule has 39 heavy (non-hydrogen) atoms. The fraction of sp³-hybridized carbons (Fsp3) is 0.367. The van der Waals surface area contributed by atoms with Gasteiger partial charge in [-0.3, -0.25) is 19.5 Å². The van der Waals surface area contributed by atoms with Gasteiger partial charge in [0.25, 0.3) is 0 Å². The van der Waals surface area contributed by atoms with E-state index in [1.807, 2.05) is 74.2 Å². The largest absolute Gasteiger partial charge is 0.493 e. The minimum Gasteiger partial charge on any atom is -0.493 e. The van der Waals surface area contributed by atoms with Crippen LogP contribution in [0.25, 0.3) is 0 Å². The first-order valence-electron chi connectivity index (χ1n) is 13.2. The van der Waals surface area contributed by atoms with Gasteiger partial charge in [0.15, 0.2) is 11.5 Å². The molecule has 8 nitrogen and oxygen atoms in total. The van der Waals surface area contributed by atoms with Gasteiger partial charge >= 0.3 is 0 Å². The number of pyridine rings is 1. The Morgan fingerprint density at radius 2 is 1.79 bits per heavy atom. The molecule has 1 fully saturated rings. The second-order valence-electron chi connectivity index (χ2n) is 10.1. The second kappa shape index (κ2) is 11.2. The van der Waals surface area contributed by atoms with Gasteiger partial charge in [-0.15, -0.1) is 0 Å². The highest BCUT2D eigenvalue weighted by Crippen LogP contribution is 2.43. The van der Waals surface area contributed by atoms with Crippen molar-refractivity contribution in [2.24, 2.45) is 0 Å². The number of hydrogen-bond acceptors (Lipinski definition) is 6. The molecule has 2 aliphatic rings. The van der Waals surface area contributed by atoms with Crippen LogP contribution >= 0.6 is 11.6 Å². The molecule has 2 amide bonds. The third kappa shape index (κ3) is 5.44. The normalized spacial score (nSPS) is 18.3. The highest BCUT2D eigenvalue weighted by atomic mass is 35.5. The Labute approximate surface area is 233 Å². The van der Waals surface area contributed by atoms with E-state index in [1.165, 1.54) is 0 Å². The van der Waals surface area contributed by atoms with Crippen molar-refractivity contribution in [1.29, 1.82) is 0 Å². The zero-order chi connectivity index (χ0) is 27.7. The Hall–Kier alpha value is -3.62. The molecule has 3 heterocycles. The third-order valence-electron chi connectivity index (χ3n) is 7.21. The fourth-order valence-corrected chi connectivity index (χ4v) is 5.43. The van der Waals surface area contributed by atoms with E-state index in [-0.39, 0.29) is 30.4 Å². The van der Waals surface area contributed by atoms with Crippen molar-refractivity contribution in [2.45, 2.75) is 45.4 Å². The van der Waals surface area contributed by atoms with E-state index in [9.17, 15) is 9.59 Å². The average Bonchev–Trinajstić information content (AvgIpc) is 2.92. The van der Waals surface area contributed by atoms with Gasteiger partial charge in [-0.25, -0.2) is 0 Å². The number of nitrogens with one attached hydrogen (secondary N) is 1. The molecule has 0 bridgehead atoms. The molecule has 3 aromatic rings. The first kappa shape index (κ1) is 27.0. The summed E-state index contributed by atoms with van der Waals surface area (Å²) >= 11 is 6.22. The molecular formula is C30H33ClN4O4. The summed E-state index contributed by atoms with van der Waals surface area (Å²) in [6, 6.07) is 14.6. The topological polar surface area (TPSA) is 84.0 Å². The monoisotopic (exact) mass is 548 g/mol. The van der Waals surface area contributed by atoms with Crippen molar-refractivity contribution in [3.05, 3.63) is 82.1 Å². The number of methoxy groups -OCH3 is 1. The lowest BCUT2D eigenvalue weighted by Gasteiger charge is -2.38. The van der Waals surface area contributed by atoms with Crippen LogP contribution in [0.4, 0.5) is 5.69 Å². The number of benzene rings is 2. The number of amides is 2. The maximum atomic E-state index is 13.7. The third-order valence-corrected chi connectivity index (χ3v) is 7.46. The summed E-state index contributed by atoms with van der Waals surface area (Å²) in [5.41, 5.74) is 4.21. The molecule has 1 saturated heterocycles.